The van der Waals surface area contributed by atoms with Gasteiger partial charge >= 0.3 is 0 Å². The fraction of sp³-hybridized carbons (Fsp3) is 0.0345. The number of aromatic hydroxyl groups is 4. The Bertz CT molecular complexity index is 1640. The molecule has 186 valence electrons. The van der Waals surface area contributed by atoms with Crippen molar-refractivity contribution in [3.8, 4) is 40.1 Å². The van der Waals surface area contributed by atoms with Crippen LogP contribution in [0.5, 0.6) is 28.7 Å². The predicted octanol–water partition coefficient (Wildman–Crippen LogP) is 5.21. The average Bonchev–Trinajstić information content (AvgIpc) is 2.88. The SMILES string of the molecule is COc1ccc(C(=O)c2ccccc2O)c(O)c1.O=c1cc(-c2ccccc2)oc2cc(O)cc(O)c12. The van der Waals surface area contributed by atoms with Crippen molar-refractivity contribution in [1.82, 2.24) is 0 Å². The van der Waals surface area contributed by atoms with Crippen molar-refractivity contribution < 1.29 is 34.4 Å². The van der Waals surface area contributed by atoms with E-state index in [-0.39, 0.29) is 50.5 Å². The first-order valence-corrected chi connectivity index (χ1v) is 11.0. The second-order valence-electron chi connectivity index (χ2n) is 7.91. The monoisotopic (exact) mass is 498 g/mol. The molecule has 4 N–H and O–H groups in total. The minimum absolute atomic E-state index is 0.0671. The highest BCUT2D eigenvalue weighted by atomic mass is 16.5. The Morgan fingerprint density at radius 2 is 1.41 bits per heavy atom. The molecule has 1 aromatic heterocycles. The zero-order chi connectivity index (χ0) is 26.5. The van der Waals surface area contributed by atoms with Crippen molar-refractivity contribution in [1.29, 1.82) is 0 Å². The van der Waals surface area contributed by atoms with Gasteiger partial charge in [-0.1, -0.05) is 42.5 Å². The maximum atomic E-state index is 12.1. The van der Waals surface area contributed by atoms with E-state index in [1.807, 2.05) is 30.3 Å². The Hall–Kier alpha value is -5.24. The molecule has 5 aromatic rings. The molecule has 0 aliphatic rings. The third-order valence-corrected chi connectivity index (χ3v) is 5.45. The molecule has 0 saturated heterocycles. The van der Waals surface area contributed by atoms with Gasteiger partial charge in [0, 0.05) is 29.8 Å². The summed E-state index contributed by atoms with van der Waals surface area (Å²) in [5, 5.41) is 38.6. The number of methoxy groups -OCH3 is 1. The van der Waals surface area contributed by atoms with Crippen molar-refractivity contribution in [2.45, 2.75) is 0 Å². The first-order chi connectivity index (χ1) is 17.8. The summed E-state index contributed by atoms with van der Waals surface area (Å²) >= 11 is 0. The van der Waals surface area contributed by atoms with E-state index in [0.717, 1.165) is 11.6 Å². The predicted molar refractivity (Wildman–Crippen MR) is 137 cm³/mol. The van der Waals surface area contributed by atoms with Crippen molar-refractivity contribution in [3.05, 3.63) is 112 Å². The Labute approximate surface area is 210 Å². The van der Waals surface area contributed by atoms with Gasteiger partial charge in [-0.25, -0.2) is 0 Å². The summed E-state index contributed by atoms with van der Waals surface area (Å²) in [6, 6.07) is 23.5. The molecule has 0 aliphatic heterocycles. The van der Waals surface area contributed by atoms with Gasteiger partial charge in [0.05, 0.1) is 18.2 Å². The molecule has 4 aromatic carbocycles. The van der Waals surface area contributed by atoms with Gasteiger partial charge in [0.15, 0.2) is 11.2 Å². The van der Waals surface area contributed by atoms with Crippen LogP contribution in [-0.4, -0.2) is 33.3 Å². The van der Waals surface area contributed by atoms with E-state index in [4.69, 9.17) is 9.15 Å². The highest BCUT2D eigenvalue weighted by molar-refractivity contribution is 6.12. The molecule has 0 amide bonds. The Kier molecular flexibility index (Phi) is 7.11. The number of phenols is 4. The summed E-state index contributed by atoms with van der Waals surface area (Å²) in [6.07, 6.45) is 0. The van der Waals surface area contributed by atoms with Crippen molar-refractivity contribution in [2.24, 2.45) is 0 Å². The smallest absolute Gasteiger partial charge is 0.200 e. The minimum atomic E-state index is -0.437. The van der Waals surface area contributed by atoms with E-state index in [1.165, 1.54) is 43.5 Å². The number of carbonyl (C=O) groups excluding carboxylic acids is 1. The first kappa shape index (κ1) is 24.9. The lowest BCUT2D eigenvalue weighted by Gasteiger charge is -2.07. The van der Waals surface area contributed by atoms with Gasteiger partial charge in [0.1, 0.15) is 45.5 Å². The number of benzene rings is 4. The zero-order valence-electron chi connectivity index (χ0n) is 19.6. The van der Waals surface area contributed by atoms with Crippen LogP contribution >= 0.6 is 0 Å². The third-order valence-electron chi connectivity index (χ3n) is 5.45. The number of para-hydroxylation sites is 1. The van der Waals surface area contributed by atoms with Gasteiger partial charge in [-0.15, -0.1) is 0 Å². The van der Waals surface area contributed by atoms with E-state index in [2.05, 4.69) is 0 Å². The molecular formula is C29H22O8. The zero-order valence-corrected chi connectivity index (χ0v) is 19.6. The summed E-state index contributed by atoms with van der Waals surface area (Å²) in [6.45, 7) is 0. The van der Waals surface area contributed by atoms with Crippen molar-refractivity contribution in [2.75, 3.05) is 7.11 Å². The quantitative estimate of drug-likeness (QED) is 0.248. The van der Waals surface area contributed by atoms with E-state index in [9.17, 15) is 30.0 Å². The van der Waals surface area contributed by atoms with Crippen LogP contribution in [0.15, 0.2) is 100 Å². The van der Waals surface area contributed by atoms with Crippen molar-refractivity contribution >= 4 is 16.8 Å². The molecule has 8 heteroatoms. The fourth-order valence-corrected chi connectivity index (χ4v) is 3.64. The molecule has 8 nitrogen and oxygen atoms in total. The molecular weight excluding hydrogens is 476 g/mol. The van der Waals surface area contributed by atoms with E-state index < -0.39 is 5.78 Å². The van der Waals surface area contributed by atoms with Crippen LogP contribution in [0.2, 0.25) is 0 Å². The normalized spacial score (nSPS) is 10.4. The molecule has 0 aliphatic carbocycles. The average molecular weight is 498 g/mol. The molecule has 5 rings (SSSR count). The number of carbonyl (C=O) groups is 1. The molecule has 0 atom stereocenters. The Morgan fingerprint density at radius 1 is 0.730 bits per heavy atom. The molecule has 37 heavy (non-hydrogen) atoms. The van der Waals surface area contributed by atoms with Crippen LogP contribution in [0, 0.1) is 0 Å². The number of ether oxygens (including phenoxy) is 1. The molecule has 0 radical (unpaired) electrons. The summed E-state index contributed by atoms with van der Waals surface area (Å²) in [7, 11) is 1.47. The third kappa shape index (κ3) is 5.38. The number of ketones is 1. The van der Waals surface area contributed by atoms with Crippen LogP contribution in [0.1, 0.15) is 15.9 Å². The van der Waals surface area contributed by atoms with Gasteiger partial charge in [-0.3, -0.25) is 9.59 Å². The van der Waals surface area contributed by atoms with Crippen LogP contribution in [0.4, 0.5) is 0 Å². The van der Waals surface area contributed by atoms with Gasteiger partial charge in [0.2, 0.25) is 0 Å². The van der Waals surface area contributed by atoms with E-state index in [0.29, 0.717) is 11.5 Å². The molecule has 1 heterocycles. The first-order valence-electron chi connectivity index (χ1n) is 11.0. The molecule has 0 saturated carbocycles. The minimum Gasteiger partial charge on any atom is -0.508 e. The second kappa shape index (κ2) is 10.6. The number of hydrogen-bond donors (Lipinski definition) is 4. The van der Waals surface area contributed by atoms with Crippen LogP contribution in [0.3, 0.4) is 0 Å². The van der Waals surface area contributed by atoms with Gasteiger partial charge in [-0.05, 0) is 24.3 Å². The lowest BCUT2D eigenvalue weighted by Crippen LogP contribution is -2.02. The highest BCUT2D eigenvalue weighted by Crippen LogP contribution is 2.30. The van der Waals surface area contributed by atoms with E-state index in [1.54, 1.807) is 18.2 Å². The topological polar surface area (TPSA) is 137 Å². The summed E-state index contributed by atoms with van der Waals surface area (Å²) in [5.74, 6) is -0.320. The maximum absolute atomic E-state index is 12.1. The van der Waals surface area contributed by atoms with Crippen molar-refractivity contribution in [3.63, 3.8) is 0 Å². The van der Waals surface area contributed by atoms with Gasteiger partial charge < -0.3 is 29.6 Å². The summed E-state index contributed by atoms with van der Waals surface area (Å²) < 4.78 is 10.5. The molecule has 0 fully saturated rings. The highest BCUT2D eigenvalue weighted by Gasteiger charge is 2.17. The standard InChI is InChI=1S/C15H10O4.C14H12O4/c16-10-6-11(17)15-12(18)8-13(19-14(15)7-10)9-4-2-1-3-5-9;1-18-9-6-7-11(13(16)8-9)14(17)10-4-2-3-5-12(10)15/h1-8,16-17H;2-8,15-16H,1H3. The number of fused-ring (bicyclic) bond motifs is 1. The lowest BCUT2D eigenvalue weighted by atomic mass is 10.0. The Balaban J connectivity index is 0.000000173. The Morgan fingerprint density at radius 3 is 2.08 bits per heavy atom. The second-order valence-corrected chi connectivity index (χ2v) is 7.91. The number of phenolic OH excluding ortho intramolecular Hbond substituents is 4. The fourth-order valence-electron chi connectivity index (χ4n) is 3.64. The molecule has 0 unspecified atom stereocenters. The molecule has 0 spiro atoms. The summed E-state index contributed by atoms with van der Waals surface area (Å²) in [4.78, 5) is 24.1. The lowest BCUT2D eigenvalue weighted by molar-refractivity contribution is 0.103. The van der Waals surface area contributed by atoms with E-state index >= 15 is 0 Å². The number of hydrogen-bond acceptors (Lipinski definition) is 8. The molecule has 0 bridgehead atoms. The van der Waals surface area contributed by atoms with Gasteiger partial charge in [-0.2, -0.15) is 0 Å². The van der Waals surface area contributed by atoms with Crippen LogP contribution < -0.4 is 10.2 Å². The number of rotatable bonds is 4. The largest absolute Gasteiger partial charge is 0.508 e. The van der Waals surface area contributed by atoms with Crippen LogP contribution in [0.25, 0.3) is 22.3 Å². The maximum Gasteiger partial charge on any atom is 0.200 e. The van der Waals surface area contributed by atoms with Gasteiger partial charge in [0.25, 0.3) is 0 Å². The van der Waals surface area contributed by atoms with Crippen LogP contribution in [-0.2, 0) is 0 Å². The summed E-state index contributed by atoms with van der Waals surface area (Å²) in [5.41, 5.74) is 0.834.